The van der Waals surface area contributed by atoms with E-state index in [2.05, 4.69) is 4.98 Å². The molecule has 12 heteroatoms. The van der Waals surface area contributed by atoms with Gasteiger partial charge in [0.2, 0.25) is 15.9 Å². The second-order valence-electron chi connectivity index (χ2n) is 6.00. The summed E-state index contributed by atoms with van der Waals surface area (Å²) in [5, 5.41) is 7.12. The molecule has 0 saturated carbocycles. The largest absolute Gasteiger partial charge is 0.490 e. The number of aromatic nitrogens is 1. The van der Waals surface area contributed by atoms with Crippen molar-refractivity contribution in [2.45, 2.75) is 37.3 Å². The van der Waals surface area contributed by atoms with Crippen molar-refractivity contribution in [2.75, 3.05) is 19.4 Å². The number of rotatable bonds is 3. The minimum Gasteiger partial charge on any atom is -0.475 e. The molecule has 3 rings (SSSR count). The molecule has 8 nitrogen and oxygen atoms in total. The zero-order chi connectivity index (χ0) is 20.2. The second-order valence-corrected chi connectivity index (χ2v) is 7.94. The lowest BCUT2D eigenvalue weighted by molar-refractivity contribution is -0.192. The topological polar surface area (TPSA) is 106 Å². The van der Waals surface area contributed by atoms with Crippen molar-refractivity contribution in [1.82, 2.24) is 9.29 Å². The fourth-order valence-electron chi connectivity index (χ4n) is 2.92. The van der Waals surface area contributed by atoms with Crippen LogP contribution in [0.4, 0.5) is 13.2 Å². The summed E-state index contributed by atoms with van der Waals surface area (Å²) in [6, 6.07) is 5.29. The molecule has 2 aliphatic heterocycles. The number of carboxylic acids is 1. The molecule has 2 saturated heterocycles. The number of sulfonamides is 1. The van der Waals surface area contributed by atoms with Gasteiger partial charge in [-0.15, -0.1) is 0 Å². The van der Waals surface area contributed by atoms with Crippen molar-refractivity contribution in [3.05, 3.63) is 24.4 Å². The van der Waals surface area contributed by atoms with Crippen LogP contribution in [0.2, 0.25) is 0 Å². The third-order valence-corrected chi connectivity index (χ3v) is 5.28. The summed E-state index contributed by atoms with van der Waals surface area (Å²) < 4.78 is 68.6. The summed E-state index contributed by atoms with van der Waals surface area (Å²) in [6.07, 6.45) is -1.01. The highest BCUT2D eigenvalue weighted by atomic mass is 32.2. The molecule has 0 bridgehead atoms. The third-order valence-electron chi connectivity index (χ3n) is 4.01. The molecule has 152 valence electrons. The van der Waals surface area contributed by atoms with Crippen LogP contribution in [0.3, 0.4) is 0 Å². The molecule has 27 heavy (non-hydrogen) atoms. The minimum absolute atomic E-state index is 0.118. The number of nitrogens with zero attached hydrogens (tertiary/aromatic N) is 2. The summed E-state index contributed by atoms with van der Waals surface area (Å²) in [5.74, 6) is -2.26. The van der Waals surface area contributed by atoms with Gasteiger partial charge in [0.15, 0.2) is 0 Å². The maximum absolute atomic E-state index is 11.9. The standard InChI is InChI=1S/C13H18N2O4S.C2HF3O2/c1-20(16,17)15-9-11(13-10(15)5-4-8-18-13)19-12-6-2-3-7-14-12;3-2(4,5)1(6)7/h2-3,6-7,10-11,13H,4-5,8-9H2,1H3;(H,6,7)/t10-,11-,13+;/m1./s1. The zero-order valence-electron chi connectivity index (χ0n) is 14.3. The Labute approximate surface area is 153 Å². The van der Waals surface area contributed by atoms with Gasteiger partial charge in [0.05, 0.1) is 18.8 Å². The van der Waals surface area contributed by atoms with Crippen molar-refractivity contribution in [3.8, 4) is 5.88 Å². The van der Waals surface area contributed by atoms with Gasteiger partial charge in [-0.2, -0.15) is 17.5 Å². The Morgan fingerprint density at radius 2 is 2.07 bits per heavy atom. The van der Waals surface area contributed by atoms with Crippen LogP contribution in [0.1, 0.15) is 12.8 Å². The van der Waals surface area contributed by atoms with E-state index in [4.69, 9.17) is 19.4 Å². The van der Waals surface area contributed by atoms with Crippen molar-refractivity contribution >= 4 is 16.0 Å². The Bertz CT molecular complexity index is 744. The monoisotopic (exact) mass is 412 g/mol. The molecular formula is C15H19F3N2O6S. The predicted molar refractivity (Wildman–Crippen MR) is 86.7 cm³/mol. The average molecular weight is 412 g/mol. The molecule has 3 atom stereocenters. The molecule has 0 aromatic carbocycles. The average Bonchev–Trinajstić information content (AvgIpc) is 2.95. The molecule has 0 radical (unpaired) electrons. The number of carbonyl (C=O) groups is 1. The van der Waals surface area contributed by atoms with Crippen LogP contribution in [0.25, 0.3) is 0 Å². The van der Waals surface area contributed by atoms with Crippen LogP contribution in [0.15, 0.2) is 24.4 Å². The van der Waals surface area contributed by atoms with E-state index in [9.17, 15) is 21.6 Å². The fourth-order valence-corrected chi connectivity index (χ4v) is 4.06. The van der Waals surface area contributed by atoms with Gasteiger partial charge in [-0.1, -0.05) is 6.07 Å². The number of aliphatic carboxylic acids is 1. The van der Waals surface area contributed by atoms with Gasteiger partial charge in [0, 0.05) is 18.9 Å². The molecule has 0 aliphatic carbocycles. The smallest absolute Gasteiger partial charge is 0.475 e. The Hall–Kier alpha value is -1.92. The van der Waals surface area contributed by atoms with Crippen LogP contribution >= 0.6 is 0 Å². The van der Waals surface area contributed by atoms with Gasteiger partial charge in [-0.05, 0) is 18.9 Å². The number of pyridine rings is 1. The highest BCUT2D eigenvalue weighted by molar-refractivity contribution is 7.88. The molecule has 0 spiro atoms. The van der Waals surface area contributed by atoms with Gasteiger partial charge in [-0.3, -0.25) is 0 Å². The van der Waals surface area contributed by atoms with E-state index >= 15 is 0 Å². The van der Waals surface area contributed by atoms with Crippen LogP contribution < -0.4 is 4.74 Å². The Kier molecular flexibility index (Phi) is 6.65. The van der Waals surface area contributed by atoms with E-state index < -0.39 is 22.2 Å². The van der Waals surface area contributed by atoms with Crippen LogP contribution in [-0.2, 0) is 19.6 Å². The molecule has 2 aliphatic rings. The summed E-state index contributed by atoms with van der Waals surface area (Å²) in [7, 11) is -3.25. The highest BCUT2D eigenvalue weighted by Crippen LogP contribution is 2.32. The van der Waals surface area contributed by atoms with E-state index in [0.29, 0.717) is 19.0 Å². The van der Waals surface area contributed by atoms with Crippen molar-refractivity contribution in [3.63, 3.8) is 0 Å². The van der Waals surface area contributed by atoms with Gasteiger partial charge in [0.1, 0.15) is 12.2 Å². The minimum atomic E-state index is -5.08. The van der Waals surface area contributed by atoms with E-state index in [1.807, 2.05) is 12.1 Å². The normalized spacial score (nSPS) is 25.9. The van der Waals surface area contributed by atoms with Gasteiger partial charge in [0.25, 0.3) is 0 Å². The van der Waals surface area contributed by atoms with Gasteiger partial charge >= 0.3 is 12.1 Å². The first-order valence-electron chi connectivity index (χ1n) is 7.96. The number of hydrogen-bond donors (Lipinski definition) is 1. The number of fused-ring (bicyclic) bond motifs is 1. The number of hydrogen-bond acceptors (Lipinski definition) is 6. The van der Waals surface area contributed by atoms with E-state index in [1.54, 1.807) is 12.3 Å². The van der Waals surface area contributed by atoms with Crippen molar-refractivity contribution in [2.24, 2.45) is 0 Å². The first kappa shape index (κ1) is 21.4. The summed E-state index contributed by atoms with van der Waals surface area (Å²) >= 11 is 0. The Morgan fingerprint density at radius 1 is 1.41 bits per heavy atom. The molecule has 3 heterocycles. The number of ether oxygens (including phenoxy) is 2. The lowest BCUT2D eigenvalue weighted by atomic mass is 10.0. The maximum atomic E-state index is 11.9. The number of alkyl halides is 3. The van der Waals surface area contributed by atoms with E-state index in [1.165, 1.54) is 10.6 Å². The van der Waals surface area contributed by atoms with E-state index in [-0.39, 0.29) is 18.2 Å². The molecule has 1 aromatic heterocycles. The first-order valence-corrected chi connectivity index (χ1v) is 9.81. The predicted octanol–water partition coefficient (Wildman–Crippen LogP) is 1.29. The zero-order valence-corrected chi connectivity index (χ0v) is 15.1. The molecular weight excluding hydrogens is 393 g/mol. The molecule has 1 N–H and O–H groups in total. The van der Waals surface area contributed by atoms with Crippen LogP contribution in [0.5, 0.6) is 5.88 Å². The van der Waals surface area contributed by atoms with Gasteiger partial charge < -0.3 is 14.6 Å². The Balaban J connectivity index is 0.000000321. The molecule has 2 fully saturated rings. The van der Waals surface area contributed by atoms with Crippen molar-refractivity contribution < 1.29 is 41.0 Å². The lowest BCUT2D eigenvalue weighted by Crippen LogP contribution is -2.43. The molecule has 0 amide bonds. The van der Waals surface area contributed by atoms with Crippen LogP contribution in [0, 0.1) is 0 Å². The van der Waals surface area contributed by atoms with E-state index in [0.717, 1.165) is 12.8 Å². The molecule has 0 unspecified atom stereocenters. The maximum Gasteiger partial charge on any atom is 0.490 e. The van der Waals surface area contributed by atoms with Gasteiger partial charge in [-0.25, -0.2) is 18.2 Å². The third kappa shape index (κ3) is 5.78. The number of halogens is 3. The quantitative estimate of drug-likeness (QED) is 0.797. The summed E-state index contributed by atoms with van der Waals surface area (Å²) in [5.41, 5.74) is 0. The highest BCUT2D eigenvalue weighted by Gasteiger charge is 2.49. The fraction of sp³-hybridized carbons (Fsp3) is 0.600. The van der Waals surface area contributed by atoms with Crippen LogP contribution in [-0.4, -0.2) is 72.6 Å². The van der Waals surface area contributed by atoms with Crippen molar-refractivity contribution in [1.29, 1.82) is 0 Å². The summed E-state index contributed by atoms with van der Waals surface area (Å²) in [4.78, 5) is 13.0. The number of carboxylic acid groups (broad SMARTS) is 1. The molecule has 1 aromatic rings. The Morgan fingerprint density at radius 3 is 2.59 bits per heavy atom. The SMILES string of the molecule is CS(=O)(=O)N1C[C@@H](Oc2ccccn2)[C@H]2OCCC[C@H]21.O=C(O)C(F)(F)F. The first-order chi connectivity index (χ1) is 12.5. The second kappa shape index (κ2) is 8.40. The summed E-state index contributed by atoms with van der Waals surface area (Å²) in [6.45, 7) is 0.978. The lowest BCUT2D eigenvalue weighted by Gasteiger charge is -2.31.